The zero-order valence-electron chi connectivity index (χ0n) is 29.0. The molecule has 2 fully saturated rings. The Morgan fingerprint density at radius 2 is 1.78 bits per heavy atom. The third-order valence-corrected chi connectivity index (χ3v) is 9.57. The Hall–Kier alpha value is -5.26. The number of nitrogens with two attached hydrogens (primary N) is 1. The fourth-order valence-corrected chi connectivity index (χ4v) is 6.84. The predicted octanol–water partition coefficient (Wildman–Crippen LogP) is 7.48. The van der Waals surface area contributed by atoms with Gasteiger partial charge in [0.25, 0.3) is 5.91 Å². The van der Waals surface area contributed by atoms with Crippen LogP contribution in [0.15, 0.2) is 79.1 Å². The Morgan fingerprint density at radius 3 is 2.55 bits per heavy atom. The van der Waals surface area contributed by atoms with Crippen molar-refractivity contribution in [2.75, 3.05) is 57.6 Å². The maximum Gasteiger partial charge on any atom is 0.275 e. The van der Waals surface area contributed by atoms with Gasteiger partial charge in [-0.3, -0.25) is 14.7 Å². The average Bonchev–Trinajstić information content (AvgIpc) is 3.18. The lowest BCUT2D eigenvalue weighted by Gasteiger charge is -2.26. The second kappa shape index (κ2) is 16.2. The number of hydrogen-bond donors (Lipinski definition) is 2. The van der Waals surface area contributed by atoms with Crippen LogP contribution in [0.4, 0.5) is 11.5 Å². The molecule has 2 aliphatic rings. The summed E-state index contributed by atoms with van der Waals surface area (Å²) >= 11 is 0. The molecule has 11 nitrogen and oxygen atoms in total. The molecule has 7 rings (SSSR count). The van der Waals surface area contributed by atoms with E-state index < -0.39 is 0 Å². The van der Waals surface area contributed by atoms with Crippen LogP contribution in [-0.4, -0.2) is 72.3 Å². The topological polar surface area (TPSA) is 134 Å². The summed E-state index contributed by atoms with van der Waals surface area (Å²) in [6.07, 6.45) is 9.68. The highest BCUT2D eigenvalue weighted by atomic mass is 16.5. The number of fused-ring (bicyclic) bond motifs is 1. The van der Waals surface area contributed by atoms with Crippen molar-refractivity contribution in [3.8, 4) is 34.1 Å². The number of anilines is 2. The van der Waals surface area contributed by atoms with Gasteiger partial charge < -0.3 is 30.0 Å². The normalized spacial score (nSPS) is 15.4. The molecule has 1 aliphatic heterocycles. The minimum Gasteiger partial charge on any atom is -0.493 e. The third kappa shape index (κ3) is 8.22. The summed E-state index contributed by atoms with van der Waals surface area (Å²) in [5.74, 6) is 2.58. The quantitative estimate of drug-likeness (QED) is 0.127. The van der Waals surface area contributed by atoms with Gasteiger partial charge in [-0.1, -0.05) is 49.6 Å². The van der Waals surface area contributed by atoms with Crippen molar-refractivity contribution in [3.05, 3.63) is 90.5 Å². The molecule has 1 aliphatic carbocycles. The number of ether oxygens (including phenoxy) is 4. The van der Waals surface area contributed by atoms with Crippen molar-refractivity contribution < 1.29 is 23.7 Å². The zero-order chi connectivity index (χ0) is 35.0. The highest BCUT2D eigenvalue weighted by Crippen LogP contribution is 2.39. The molecule has 0 spiro atoms. The van der Waals surface area contributed by atoms with Gasteiger partial charge in [0.2, 0.25) is 0 Å². The minimum absolute atomic E-state index is 0.234. The fraction of sp³-hybridized carbons (Fsp3) is 0.350. The molecule has 51 heavy (non-hydrogen) atoms. The number of nitrogen functional groups attached to an aromatic ring is 1. The van der Waals surface area contributed by atoms with Crippen LogP contribution in [0.5, 0.6) is 23.0 Å². The average molecular weight is 689 g/mol. The lowest BCUT2D eigenvalue weighted by molar-refractivity contribution is 0.0357. The maximum absolute atomic E-state index is 13.6. The van der Waals surface area contributed by atoms with E-state index in [0.29, 0.717) is 52.3 Å². The second-order valence-corrected chi connectivity index (χ2v) is 13.0. The molecular formula is C40H44N6O5. The Balaban J connectivity index is 1.04. The van der Waals surface area contributed by atoms with Crippen molar-refractivity contribution in [2.24, 2.45) is 0 Å². The first-order valence-corrected chi connectivity index (χ1v) is 17.8. The molecule has 3 N–H and O–H groups in total. The molecule has 0 unspecified atom stereocenters. The molecule has 264 valence electrons. The number of carbonyl (C=O) groups is 1. The molecule has 1 amide bonds. The highest BCUT2D eigenvalue weighted by Gasteiger charge is 2.24. The van der Waals surface area contributed by atoms with Crippen molar-refractivity contribution in [3.63, 3.8) is 0 Å². The van der Waals surface area contributed by atoms with Gasteiger partial charge in [0.05, 0.1) is 50.0 Å². The van der Waals surface area contributed by atoms with E-state index in [-0.39, 0.29) is 11.8 Å². The molecule has 0 radical (unpaired) electrons. The number of rotatable bonds is 12. The van der Waals surface area contributed by atoms with E-state index in [4.69, 9.17) is 29.7 Å². The number of amides is 1. The first-order valence-electron chi connectivity index (χ1n) is 17.8. The van der Waals surface area contributed by atoms with Crippen molar-refractivity contribution >= 4 is 28.3 Å². The Morgan fingerprint density at radius 1 is 0.961 bits per heavy atom. The number of benzene rings is 2. The number of nitrogens with one attached hydrogen (secondary N) is 1. The van der Waals surface area contributed by atoms with Gasteiger partial charge in [-0.05, 0) is 55.2 Å². The number of nitrogens with zero attached hydrogens (tertiary/aromatic N) is 4. The largest absolute Gasteiger partial charge is 0.493 e. The lowest BCUT2D eigenvalue weighted by Crippen LogP contribution is -2.37. The summed E-state index contributed by atoms with van der Waals surface area (Å²) in [5, 5.41) is 3.68. The van der Waals surface area contributed by atoms with Crippen LogP contribution in [-0.2, 0) is 4.74 Å². The molecule has 4 heterocycles. The molecule has 0 atom stereocenters. The van der Waals surface area contributed by atoms with Crippen LogP contribution in [0.2, 0.25) is 0 Å². The van der Waals surface area contributed by atoms with Crippen molar-refractivity contribution in [2.45, 2.75) is 44.4 Å². The third-order valence-electron chi connectivity index (χ3n) is 9.57. The number of aromatic nitrogens is 3. The first-order chi connectivity index (χ1) is 25.1. The summed E-state index contributed by atoms with van der Waals surface area (Å²) in [6, 6.07) is 20.7. The number of hydrogen-bond acceptors (Lipinski definition) is 10. The van der Waals surface area contributed by atoms with E-state index in [0.717, 1.165) is 87.2 Å². The summed E-state index contributed by atoms with van der Waals surface area (Å²) in [5.41, 5.74) is 11.0. The lowest BCUT2D eigenvalue weighted by atomic mass is 9.85. The monoisotopic (exact) mass is 688 g/mol. The van der Waals surface area contributed by atoms with Crippen LogP contribution in [0.1, 0.15) is 60.6 Å². The Kier molecular flexibility index (Phi) is 10.8. The molecule has 0 bridgehead atoms. The molecule has 1 saturated heterocycles. The molecule has 5 aromatic rings. The predicted molar refractivity (Wildman–Crippen MR) is 198 cm³/mol. The van der Waals surface area contributed by atoms with Gasteiger partial charge in [0.15, 0.2) is 11.5 Å². The van der Waals surface area contributed by atoms with Crippen LogP contribution in [0.25, 0.3) is 22.0 Å². The zero-order valence-corrected chi connectivity index (χ0v) is 29.0. The molecule has 2 aromatic carbocycles. The van der Waals surface area contributed by atoms with E-state index in [1.807, 2.05) is 42.5 Å². The smallest absolute Gasteiger partial charge is 0.275 e. The molecular weight excluding hydrogens is 644 g/mol. The summed E-state index contributed by atoms with van der Waals surface area (Å²) < 4.78 is 23.5. The number of pyridine rings is 3. The van der Waals surface area contributed by atoms with Gasteiger partial charge in [-0.2, -0.15) is 0 Å². The van der Waals surface area contributed by atoms with Crippen molar-refractivity contribution in [1.82, 2.24) is 19.9 Å². The van der Waals surface area contributed by atoms with E-state index >= 15 is 0 Å². The van der Waals surface area contributed by atoms with Gasteiger partial charge >= 0.3 is 0 Å². The van der Waals surface area contributed by atoms with Gasteiger partial charge in [-0.25, -0.2) is 9.97 Å². The highest BCUT2D eigenvalue weighted by molar-refractivity contribution is 6.03. The van der Waals surface area contributed by atoms with E-state index in [1.165, 1.54) is 6.42 Å². The fourth-order valence-electron chi connectivity index (χ4n) is 6.84. The van der Waals surface area contributed by atoms with Crippen LogP contribution in [0, 0.1) is 0 Å². The van der Waals surface area contributed by atoms with Crippen LogP contribution >= 0.6 is 0 Å². The molecule has 11 heteroatoms. The first kappa shape index (κ1) is 34.2. The number of carbonyl (C=O) groups excluding carboxylic acids is 1. The Bertz CT molecular complexity index is 1940. The van der Waals surface area contributed by atoms with Gasteiger partial charge in [0, 0.05) is 48.8 Å². The summed E-state index contributed by atoms with van der Waals surface area (Å²) in [6.45, 7) is 5.00. The van der Waals surface area contributed by atoms with Crippen molar-refractivity contribution in [1.29, 1.82) is 0 Å². The Labute approximate surface area is 298 Å². The van der Waals surface area contributed by atoms with E-state index in [1.54, 1.807) is 43.8 Å². The van der Waals surface area contributed by atoms with E-state index in [9.17, 15) is 4.79 Å². The van der Waals surface area contributed by atoms with Gasteiger partial charge in [0.1, 0.15) is 23.0 Å². The molecule has 1 saturated carbocycles. The standard InChI is InChI=1S/C40H44N6O5/c1-48-35-24-31-32(25-36(35)50-20-8-17-46-18-21-49-22-19-46)42-16-15-34(31)51-29-13-14-37(43-26-29)45-40(47)33-23-30(27-9-4-2-5-10-27)38(41)39(44-33)28-11-6-3-7-12-28/h2,4-5,9-10,13-16,23-26,28H,3,6-8,11-12,17-22,41H2,1H3,(H,43,45,47). The SMILES string of the molecule is COc1cc2c(Oc3ccc(NC(=O)c4cc(-c5ccccc5)c(N)c(C5CCCCC5)n4)nc3)ccnc2cc1OCCCN1CCOCC1. The second-order valence-electron chi connectivity index (χ2n) is 13.0. The number of morpholine rings is 1. The van der Waals surface area contributed by atoms with Crippen LogP contribution < -0.4 is 25.3 Å². The maximum atomic E-state index is 13.6. The minimum atomic E-state index is -0.350. The molecule has 3 aromatic heterocycles. The van der Waals surface area contributed by atoms with Crippen LogP contribution in [0.3, 0.4) is 0 Å². The summed E-state index contributed by atoms with van der Waals surface area (Å²) in [4.78, 5) is 29.8. The number of methoxy groups -OCH3 is 1. The van der Waals surface area contributed by atoms with E-state index in [2.05, 4.69) is 20.2 Å². The summed E-state index contributed by atoms with van der Waals surface area (Å²) in [7, 11) is 1.62. The van der Waals surface area contributed by atoms with Gasteiger partial charge in [-0.15, -0.1) is 0 Å².